The molecule has 1 amide bonds. The van der Waals surface area contributed by atoms with Gasteiger partial charge in [-0.05, 0) is 20.8 Å². The van der Waals surface area contributed by atoms with E-state index in [0.717, 1.165) is 0 Å². The van der Waals surface area contributed by atoms with Gasteiger partial charge in [0.05, 0.1) is 13.2 Å². The molecule has 0 saturated carbocycles. The minimum absolute atomic E-state index is 0.00583. The minimum atomic E-state index is -4.73. The van der Waals surface area contributed by atoms with Crippen LogP contribution in [0.25, 0.3) is 0 Å². The van der Waals surface area contributed by atoms with E-state index in [1.807, 2.05) is 0 Å². The molecule has 0 aromatic heterocycles. The van der Waals surface area contributed by atoms with Crippen molar-refractivity contribution < 1.29 is 37.3 Å². The van der Waals surface area contributed by atoms with E-state index in [4.69, 9.17) is 14.6 Å². The third kappa shape index (κ3) is 5.41. The smallest absolute Gasteiger partial charge is 0.411 e. The summed E-state index contributed by atoms with van der Waals surface area (Å²) in [5, 5.41) is 9.15. The Bertz CT molecular complexity index is 401. The van der Waals surface area contributed by atoms with E-state index in [2.05, 4.69) is 0 Å². The molecule has 0 aromatic carbocycles. The molecule has 1 aliphatic rings. The normalized spacial score (nSPS) is 17.8. The minimum Gasteiger partial charge on any atom is -0.480 e. The number of rotatable bonds is 4. The first kappa shape index (κ1) is 17.5. The number of amides is 1. The van der Waals surface area contributed by atoms with Crippen molar-refractivity contribution in [2.24, 2.45) is 5.92 Å². The average molecular weight is 313 g/mol. The maximum absolute atomic E-state index is 12.6. The third-order valence-corrected chi connectivity index (χ3v) is 2.68. The molecule has 122 valence electrons. The number of aliphatic carboxylic acids is 1. The lowest BCUT2D eigenvalue weighted by Crippen LogP contribution is -2.57. The quantitative estimate of drug-likeness (QED) is 0.857. The first-order valence-corrected chi connectivity index (χ1v) is 6.27. The summed E-state index contributed by atoms with van der Waals surface area (Å²) in [5.74, 6) is -2.20. The fourth-order valence-electron chi connectivity index (χ4n) is 1.82. The van der Waals surface area contributed by atoms with Gasteiger partial charge < -0.3 is 14.6 Å². The highest BCUT2D eigenvalue weighted by atomic mass is 19.4. The van der Waals surface area contributed by atoms with Crippen molar-refractivity contribution in [1.29, 1.82) is 0 Å². The molecule has 0 aromatic rings. The van der Waals surface area contributed by atoms with Crippen molar-refractivity contribution in [2.75, 3.05) is 19.8 Å². The first-order valence-electron chi connectivity index (χ1n) is 6.27. The molecule has 9 heteroatoms. The molecule has 0 bridgehead atoms. The number of nitrogens with zero attached hydrogens (tertiary/aromatic N) is 1. The molecule has 0 spiro atoms. The summed E-state index contributed by atoms with van der Waals surface area (Å²) >= 11 is 0. The zero-order valence-electron chi connectivity index (χ0n) is 11.9. The Morgan fingerprint density at radius 2 is 1.86 bits per heavy atom. The van der Waals surface area contributed by atoms with Crippen LogP contribution in [-0.4, -0.2) is 59.6 Å². The Balaban J connectivity index is 2.98. The van der Waals surface area contributed by atoms with Gasteiger partial charge in [0.15, 0.2) is 0 Å². The molecule has 1 aliphatic heterocycles. The molecule has 1 unspecified atom stereocenters. The Kier molecular flexibility index (Phi) is 5.08. The molecular formula is C12H18F3NO5. The van der Waals surface area contributed by atoms with E-state index in [9.17, 15) is 22.8 Å². The van der Waals surface area contributed by atoms with Gasteiger partial charge in [-0.1, -0.05) is 0 Å². The lowest BCUT2D eigenvalue weighted by molar-refractivity contribution is -0.173. The van der Waals surface area contributed by atoms with Crippen molar-refractivity contribution in [1.82, 2.24) is 4.90 Å². The Morgan fingerprint density at radius 3 is 2.14 bits per heavy atom. The number of carbonyl (C=O) groups excluding carboxylic acids is 1. The van der Waals surface area contributed by atoms with Crippen LogP contribution >= 0.6 is 0 Å². The zero-order valence-corrected chi connectivity index (χ0v) is 11.9. The zero-order chi connectivity index (χ0) is 16.4. The summed E-state index contributed by atoms with van der Waals surface area (Å²) in [5.41, 5.74) is -1.03. The number of ether oxygens (including phenoxy) is 2. The highest BCUT2D eigenvalue weighted by Crippen LogP contribution is 2.26. The monoisotopic (exact) mass is 313 g/mol. The number of hydrogen-bond donors (Lipinski definition) is 1. The van der Waals surface area contributed by atoms with E-state index in [1.54, 1.807) is 0 Å². The Morgan fingerprint density at radius 1 is 1.33 bits per heavy atom. The van der Waals surface area contributed by atoms with E-state index < -0.39 is 42.3 Å². The lowest BCUT2D eigenvalue weighted by atomic mass is 9.96. The van der Waals surface area contributed by atoms with Crippen LogP contribution in [0, 0.1) is 5.92 Å². The maximum atomic E-state index is 12.6. The number of carbonyl (C=O) groups is 2. The SMILES string of the molecule is CC(C)(C)OC(=O)N(CC(F)(F)F)C(C(=O)O)C1COC1. The largest absolute Gasteiger partial charge is 0.480 e. The molecule has 1 saturated heterocycles. The van der Waals surface area contributed by atoms with Crippen molar-refractivity contribution >= 4 is 12.1 Å². The summed E-state index contributed by atoms with van der Waals surface area (Å²) in [6.07, 6.45) is -6.03. The highest BCUT2D eigenvalue weighted by molar-refractivity contribution is 5.80. The van der Waals surface area contributed by atoms with Gasteiger partial charge in [0.2, 0.25) is 0 Å². The topological polar surface area (TPSA) is 76.1 Å². The Labute approximate surface area is 119 Å². The van der Waals surface area contributed by atoms with E-state index in [-0.39, 0.29) is 18.1 Å². The molecule has 1 atom stereocenters. The van der Waals surface area contributed by atoms with Crippen molar-refractivity contribution in [3.63, 3.8) is 0 Å². The van der Waals surface area contributed by atoms with Crippen LogP contribution < -0.4 is 0 Å². The Hall–Kier alpha value is -1.51. The molecule has 21 heavy (non-hydrogen) atoms. The van der Waals surface area contributed by atoms with Gasteiger partial charge in [-0.25, -0.2) is 9.59 Å². The van der Waals surface area contributed by atoms with E-state index >= 15 is 0 Å². The number of hydrogen-bond acceptors (Lipinski definition) is 4. The van der Waals surface area contributed by atoms with Crippen LogP contribution in [0.15, 0.2) is 0 Å². The fraction of sp³-hybridized carbons (Fsp3) is 0.833. The van der Waals surface area contributed by atoms with Gasteiger partial charge in [-0.15, -0.1) is 0 Å². The molecular weight excluding hydrogens is 295 g/mol. The number of halogens is 3. The van der Waals surface area contributed by atoms with E-state index in [1.165, 1.54) is 20.8 Å². The standard InChI is InChI=1S/C12H18F3NO5/c1-11(2,3)21-10(19)16(6-12(13,14)15)8(9(17)18)7-4-20-5-7/h7-8H,4-6H2,1-3H3,(H,17,18). The summed E-state index contributed by atoms with van der Waals surface area (Å²) in [6.45, 7) is 2.76. The van der Waals surface area contributed by atoms with Gasteiger partial charge in [0, 0.05) is 5.92 Å². The lowest BCUT2D eigenvalue weighted by Gasteiger charge is -2.38. The number of alkyl halides is 3. The van der Waals surface area contributed by atoms with Gasteiger partial charge in [-0.2, -0.15) is 13.2 Å². The van der Waals surface area contributed by atoms with Gasteiger partial charge in [0.1, 0.15) is 18.2 Å². The second-order valence-electron chi connectivity index (χ2n) is 5.80. The van der Waals surface area contributed by atoms with Crippen LogP contribution in [-0.2, 0) is 14.3 Å². The predicted molar refractivity (Wildman–Crippen MR) is 64.7 cm³/mol. The molecule has 1 heterocycles. The van der Waals surface area contributed by atoms with Crippen molar-refractivity contribution in [3.8, 4) is 0 Å². The summed E-state index contributed by atoms with van der Waals surface area (Å²) in [4.78, 5) is 23.4. The number of carboxylic acids is 1. The molecule has 1 fully saturated rings. The summed E-state index contributed by atoms with van der Waals surface area (Å²) < 4.78 is 47.6. The second-order valence-corrected chi connectivity index (χ2v) is 5.80. The predicted octanol–water partition coefficient (Wildman–Crippen LogP) is 1.89. The average Bonchev–Trinajstić information content (AvgIpc) is 2.15. The molecule has 0 aliphatic carbocycles. The second kappa shape index (κ2) is 6.08. The van der Waals surface area contributed by atoms with E-state index in [0.29, 0.717) is 0 Å². The van der Waals surface area contributed by atoms with Crippen molar-refractivity contribution in [3.05, 3.63) is 0 Å². The molecule has 1 N–H and O–H groups in total. The number of carboxylic acid groups (broad SMARTS) is 1. The first-order chi connectivity index (χ1) is 9.41. The highest BCUT2D eigenvalue weighted by Gasteiger charge is 2.46. The van der Waals surface area contributed by atoms with Crippen LogP contribution in [0.2, 0.25) is 0 Å². The molecule has 0 radical (unpaired) electrons. The van der Waals surface area contributed by atoms with Crippen molar-refractivity contribution in [2.45, 2.75) is 38.6 Å². The van der Waals surface area contributed by atoms with Gasteiger partial charge in [-0.3, -0.25) is 4.90 Å². The van der Waals surface area contributed by atoms with Crippen LogP contribution in [0.3, 0.4) is 0 Å². The summed E-state index contributed by atoms with van der Waals surface area (Å²) in [7, 11) is 0. The van der Waals surface area contributed by atoms with Crippen LogP contribution in [0.1, 0.15) is 20.8 Å². The van der Waals surface area contributed by atoms with Gasteiger partial charge >= 0.3 is 18.2 Å². The summed E-state index contributed by atoms with van der Waals surface area (Å²) in [6, 6.07) is -1.63. The van der Waals surface area contributed by atoms with Gasteiger partial charge in [0.25, 0.3) is 0 Å². The molecule has 1 rings (SSSR count). The fourth-order valence-corrected chi connectivity index (χ4v) is 1.82. The third-order valence-electron chi connectivity index (χ3n) is 2.68. The van der Waals surface area contributed by atoms with Crippen LogP contribution in [0.4, 0.5) is 18.0 Å². The van der Waals surface area contributed by atoms with Crippen LogP contribution in [0.5, 0.6) is 0 Å². The molecule has 6 nitrogen and oxygen atoms in total. The maximum Gasteiger partial charge on any atom is 0.411 e.